The van der Waals surface area contributed by atoms with Crippen molar-refractivity contribution in [1.29, 1.82) is 0 Å². The van der Waals surface area contributed by atoms with Gasteiger partial charge in [-0.2, -0.15) is 0 Å². The van der Waals surface area contributed by atoms with Crippen molar-refractivity contribution in [2.75, 3.05) is 0 Å². The van der Waals surface area contributed by atoms with E-state index in [0.717, 1.165) is 24.6 Å². The van der Waals surface area contributed by atoms with Crippen LogP contribution < -0.4 is 0 Å². The van der Waals surface area contributed by atoms with Crippen LogP contribution in [-0.4, -0.2) is 0 Å². The van der Waals surface area contributed by atoms with Crippen LogP contribution in [0.2, 0.25) is 0 Å². The minimum absolute atomic E-state index is 0.382. The largest absolute Gasteiger partial charge is 0.203 e. The molecule has 2 aromatic rings. The van der Waals surface area contributed by atoms with E-state index in [-0.39, 0.29) is 0 Å². The fourth-order valence-electron chi connectivity index (χ4n) is 3.15. The second-order valence-electron chi connectivity index (χ2n) is 5.68. The van der Waals surface area contributed by atoms with Crippen molar-refractivity contribution in [3.8, 4) is 0 Å². The standard InChI is InChI=1S/C17H18F2/c1-3-11-4-5-12-8-14-6-10(2)16(18)17(19)15(14)9-13(12)7-11/h6,8-9,11H,3-5,7H2,1-2H3. The predicted molar refractivity (Wildman–Crippen MR) is 74.4 cm³/mol. The second kappa shape index (κ2) is 4.59. The van der Waals surface area contributed by atoms with Crippen LogP contribution in [-0.2, 0) is 12.8 Å². The van der Waals surface area contributed by atoms with Crippen molar-refractivity contribution in [3.63, 3.8) is 0 Å². The molecular formula is C17H18F2. The van der Waals surface area contributed by atoms with Gasteiger partial charge in [0.15, 0.2) is 11.6 Å². The number of benzene rings is 2. The van der Waals surface area contributed by atoms with Crippen LogP contribution in [0.25, 0.3) is 10.8 Å². The highest BCUT2D eigenvalue weighted by atomic mass is 19.2. The Hall–Kier alpha value is -1.44. The van der Waals surface area contributed by atoms with Crippen LogP contribution in [0.5, 0.6) is 0 Å². The van der Waals surface area contributed by atoms with E-state index in [4.69, 9.17) is 0 Å². The molecule has 100 valence electrons. The minimum atomic E-state index is -0.713. The molecule has 0 aromatic heterocycles. The second-order valence-corrected chi connectivity index (χ2v) is 5.68. The first kappa shape index (κ1) is 12.6. The van der Waals surface area contributed by atoms with Gasteiger partial charge in [0, 0.05) is 5.39 Å². The Morgan fingerprint density at radius 2 is 1.89 bits per heavy atom. The lowest BCUT2D eigenvalue weighted by molar-refractivity contribution is 0.445. The van der Waals surface area contributed by atoms with E-state index < -0.39 is 11.6 Å². The summed E-state index contributed by atoms with van der Waals surface area (Å²) in [7, 11) is 0. The van der Waals surface area contributed by atoms with Crippen molar-refractivity contribution in [2.24, 2.45) is 5.92 Å². The first-order valence-electron chi connectivity index (χ1n) is 7.00. The van der Waals surface area contributed by atoms with Gasteiger partial charge in [0.2, 0.25) is 0 Å². The number of hydrogen-bond donors (Lipinski definition) is 0. The van der Waals surface area contributed by atoms with Gasteiger partial charge in [-0.05, 0) is 66.3 Å². The summed E-state index contributed by atoms with van der Waals surface area (Å²) in [6, 6.07) is 5.66. The lowest BCUT2D eigenvalue weighted by atomic mass is 9.81. The molecule has 0 radical (unpaired) electrons. The van der Waals surface area contributed by atoms with E-state index in [1.54, 1.807) is 13.0 Å². The molecule has 1 aliphatic carbocycles. The highest BCUT2D eigenvalue weighted by Gasteiger charge is 2.19. The zero-order valence-corrected chi connectivity index (χ0v) is 11.4. The molecule has 2 aromatic carbocycles. The van der Waals surface area contributed by atoms with Gasteiger partial charge in [-0.1, -0.05) is 19.4 Å². The molecule has 0 N–H and O–H groups in total. The molecule has 0 aliphatic heterocycles. The highest BCUT2D eigenvalue weighted by Crippen LogP contribution is 2.33. The van der Waals surface area contributed by atoms with Gasteiger partial charge >= 0.3 is 0 Å². The third-order valence-electron chi connectivity index (χ3n) is 4.43. The molecule has 3 rings (SSSR count). The molecule has 1 aliphatic rings. The van der Waals surface area contributed by atoms with Gasteiger partial charge in [0.25, 0.3) is 0 Å². The fourth-order valence-corrected chi connectivity index (χ4v) is 3.15. The Labute approximate surface area is 112 Å². The molecule has 0 nitrogen and oxygen atoms in total. The van der Waals surface area contributed by atoms with Gasteiger partial charge in [-0.3, -0.25) is 0 Å². The molecule has 0 amide bonds. The quantitative estimate of drug-likeness (QED) is 0.681. The van der Waals surface area contributed by atoms with E-state index in [2.05, 4.69) is 6.92 Å². The predicted octanol–water partition coefficient (Wildman–Crippen LogP) is 4.94. The number of aryl methyl sites for hydroxylation is 2. The van der Waals surface area contributed by atoms with Crippen LogP contribution in [0.1, 0.15) is 36.5 Å². The van der Waals surface area contributed by atoms with Crippen LogP contribution >= 0.6 is 0 Å². The number of fused-ring (bicyclic) bond motifs is 2. The van der Waals surface area contributed by atoms with E-state index in [0.29, 0.717) is 16.9 Å². The highest BCUT2D eigenvalue weighted by molar-refractivity contribution is 5.85. The zero-order valence-electron chi connectivity index (χ0n) is 11.4. The van der Waals surface area contributed by atoms with E-state index >= 15 is 0 Å². The van der Waals surface area contributed by atoms with Gasteiger partial charge in [-0.25, -0.2) is 8.78 Å². The molecule has 0 heterocycles. The number of halogens is 2. The summed E-state index contributed by atoms with van der Waals surface area (Å²) in [6.45, 7) is 3.81. The average molecular weight is 260 g/mol. The Kier molecular flexibility index (Phi) is 3.04. The smallest absolute Gasteiger partial charge is 0.166 e. The lowest BCUT2D eigenvalue weighted by Crippen LogP contribution is -2.13. The molecule has 0 bridgehead atoms. The van der Waals surface area contributed by atoms with Crippen molar-refractivity contribution in [1.82, 2.24) is 0 Å². The topological polar surface area (TPSA) is 0 Å². The van der Waals surface area contributed by atoms with E-state index in [1.807, 2.05) is 12.1 Å². The zero-order chi connectivity index (χ0) is 13.6. The molecule has 1 unspecified atom stereocenters. The van der Waals surface area contributed by atoms with Gasteiger partial charge in [-0.15, -0.1) is 0 Å². The van der Waals surface area contributed by atoms with Crippen molar-refractivity contribution in [3.05, 3.63) is 46.5 Å². The molecule has 0 fully saturated rings. The molecule has 0 saturated heterocycles. The molecular weight excluding hydrogens is 242 g/mol. The Bertz CT molecular complexity index is 643. The fraction of sp³-hybridized carbons (Fsp3) is 0.412. The molecule has 0 spiro atoms. The number of hydrogen-bond acceptors (Lipinski definition) is 0. The van der Waals surface area contributed by atoms with Crippen LogP contribution in [0.4, 0.5) is 8.78 Å². The van der Waals surface area contributed by atoms with Crippen molar-refractivity contribution < 1.29 is 8.78 Å². The van der Waals surface area contributed by atoms with Gasteiger partial charge in [0.1, 0.15) is 0 Å². The molecule has 0 saturated carbocycles. The van der Waals surface area contributed by atoms with E-state index in [9.17, 15) is 8.78 Å². The summed E-state index contributed by atoms with van der Waals surface area (Å²) >= 11 is 0. The maximum Gasteiger partial charge on any atom is 0.166 e. The normalized spacial score (nSPS) is 18.6. The van der Waals surface area contributed by atoms with Gasteiger partial charge < -0.3 is 0 Å². The van der Waals surface area contributed by atoms with Crippen molar-refractivity contribution >= 4 is 10.8 Å². The first-order valence-corrected chi connectivity index (χ1v) is 7.00. The third-order valence-corrected chi connectivity index (χ3v) is 4.43. The number of rotatable bonds is 1. The molecule has 2 heteroatoms. The first-order chi connectivity index (χ1) is 9.10. The molecule has 19 heavy (non-hydrogen) atoms. The van der Waals surface area contributed by atoms with Crippen LogP contribution in [0.15, 0.2) is 18.2 Å². The SMILES string of the molecule is CCC1CCc2cc3cc(C)c(F)c(F)c3cc2C1. The summed E-state index contributed by atoms with van der Waals surface area (Å²) < 4.78 is 27.7. The summed E-state index contributed by atoms with van der Waals surface area (Å²) in [5, 5.41) is 1.25. The summed E-state index contributed by atoms with van der Waals surface area (Å²) in [4.78, 5) is 0. The Balaban J connectivity index is 2.20. The minimum Gasteiger partial charge on any atom is -0.203 e. The maximum absolute atomic E-state index is 14.0. The summed E-state index contributed by atoms with van der Waals surface area (Å²) in [5.41, 5.74) is 2.89. The Morgan fingerprint density at radius 3 is 2.63 bits per heavy atom. The Morgan fingerprint density at radius 1 is 1.11 bits per heavy atom. The lowest BCUT2D eigenvalue weighted by Gasteiger charge is -2.24. The van der Waals surface area contributed by atoms with Crippen molar-refractivity contribution in [2.45, 2.75) is 39.5 Å². The maximum atomic E-state index is 14.0. The average Bonchev–Trinajstić information content (AvgIpc) is 2.43. The van der Waals surface area contributed by atoms with Crippen LogP contribution in [0, 0.1) is 24.5 Å². The summed E-state index contributed by atoms with van der Waals surface area (Å²) in [5.74, 6) is -0.727. The monoisotopic (exact) mass is 260 g/mol. The van der Waals surface area contributed by atoms with E-state index in [1.165, 1.54) is 17.5 Å². The summed E-state index contributed by atoms with van der Waals surface area (Å²) in [6.07, 6.45) is 4.42. The van der Waals surface area contributed by atoms with Gasteiger partial charge in [0.05, 0.1) is 0 Å². The van der Waals surface area contributed by atoms with Crippen LogP contribution in [0.3, 0.4) is 0 Å². The third kappa shape index (κ3) is 2.03. The molecule has 1 atom stereocenters.